The Kier molecular flexibility index (Phi) is 4.44. The van der Waals surface area contributed by atoms with E-state index in [9.17, 15) is 22.9 Å². The summed E-state index contributed by atoms with van der Waals surface area (Å²) in [5, 5.41) is 12.4. The highest BCUT2D eigenvalue weighted by molar-refractivity contribution is 7.85. The van der Waals surface area contributed by atoms with Crippen molar-refractivity contribution in [2.45, 2.75) is 55.4 Å². The molecular weight excluding hydrogens is 330 g/mol. The topological polar surface area (TPSA) is 104 Å². The second-order valence-corrected chi connectivity index (χ2v) is 8.47. The summed E-state index contributed by atoms with van der Waals surface area (Å²) in [5.74, 6) is -0.774. The van der Waals surface area contributed by atoms with Gasteiger partial charge < -0.3 is 10.4 Å². The van der Waals surface area contributed by atoms with Crippen LogP contribution in [0.4, 0.5) is 0 Å². The van der Waals surface area contributed by atoms with Gasteiger partial charge in [0.1, 0.15) is 6.04 Å². The summed E-state index contributed by atoms with van der Waals surface area (Å²) in [4.78, 5) is 11.3. The molecule has 0 spiro atoms. The van der Waals surface area contributed by atoms with Crippen molar-refractivity contribution in [3.05, 3.63) is 29.3 Å². The molecule has 1 aromatic carbocycles. The van der Waals surface area contributed by atoms with Gasteiger partial charge in [-0.05, 0) is 43.7 Å². The van der Waals surface area contributed by atoms with E-state index in [2.05, 4.69) is 5.32 Å². The van der Waals surface area contributed by atoms with Gasteiger partial charge in [-0.25, -0.2) is 0 Å². The number of hydrogen-bond acceptors (Lipinski definition) is 4. The van der Waals surface area contributed by atoms with E-state index < -0.39 is 27.5 Å². The first kappa shape index (κ1) is 17.4. The molecule has 0 bridgehead atoms. The monoisotopic (exact) mass is 353 g/mol. The Bertz CT molecular complexity index is 760. The zero-order valence-corrected chi connectivity index (χ0v) is 14.5. The fourth-order valence-corrected chi connectivity index (χ4v) is 5.24. The molecule has 2 aliphatic rings. The highest BCUT2D eigenvalue weighted by Gasteiger charge is 2.49. The molecule has 1 aliphatic heterocycles. The second kappa shape index (κ2) is 6.13. The maximum Gasteiger partial charge on any atom is 0.320 e. The molecule has 6 nitrogen and oxygen atoms in total. The SMILES string of the molecule is Cc1ccc(S(=O)(=O)O)c(C23CCCCC2CC(C(=O)O)NC3)c1. The molecule has 0 radical (unpaired) electrons. The molecule has 3 N–H and O–H groups in total. The number of rotatable bonds is 3. The Hall–Kier alpha value is -1.44. The van der Waals surface area contributed by atoms with Crippen molar-refractivity contribution < 1.29 is 22.9 Å². The third-order valence-corrected chi connectivity index (χ3v) is 6.55. The smallest absolute Gasteiger partial charge is 0.320 e. The van der Waals surface area contributed by atoms with Crippen LogP contribution >= 0.6 is 0 Å². The minimum Gasteiger partial charge on any atom is -0.480 e. The number of aliphatic carboxylic acids is 1. The van der Waals surface area contributed by atoms with Crippen LogP contribution in [0.5, 0.6) is 0 Å². The average molecular weight is 353 g/mol. The Morgan fingerprint density at radius 1 is 1.33 bits per heavy atom. The summed E-state index contributed by atoms with van der Waals surface area (Å²) in [6, 6.07) is 4.38. The van der Waals surface area contributed by atoms with Gasteiger partial charge in [-0.2, -0.15) is 8.42 Å². The standard InChI is InChI=1S/C17H23NO5S/c1-11-5-6-15(24(21,22)23)13(8-11)17-7-3-2-4-12(17)9-14(16(19)20)18-10-17/h5-6,8,12,14,18H,2-4,7,9-10H2,1H3,(H,19,20)(H,21,22,23). The van der Waals surface area contributed by atoms with E-state index in [1.165, 1.54) is 6.07 Å². The van der Waals surface area contributed by atoms with Crippen LogP contribution in [0.3, 0.4) is 0 Å². The summed E-state index contributed by atoms with van der Waals surface area (Å²) >= 11 is 0. The normalized spacial score (nSPS) is 30.6. The van der Waals surface area contributed by atoms with Crippen molar-refractivity contribution in [2.75, 3.05) is 6.54 Å². The maximum atomic E-state index is 11.9. The average Bonchev–Trinajstić information content (AvgIpc) is 2.53. The number of piperidine rings is 1. The number of carboxylic acids is 1. The van der Waals surface area contributed by atoms with Crippen LogP contribution < -0.4 is 5.32 Å². The van der Waals surface area contributed by atoms with E-state index in [4.69, 9.17) is 0 Å². The van der Waals surface area contributed by atoms with Crippen molar-refractivity contribution in [3.63, 3.8) is 0 Å². The largest absolute Gasteiger partial charge is 0.480 e. The van der Waals surface area contributed by atoms with Gasteiger partial charge in [0.25, 0.3) is 10.1 Å². The fourth-order valence-electron chi connectivity index (χ4n) is 4.46. The van der Waals surface area contributed by atoms with Crippen molar-refractivity contribution in [1.82, 2.24) is 5.32 Å². The number of carboxylic acid groups (broad SMARTS) is 1. The molecule has 1 heterocycles. The fraction of sp³-hybridized carbons (Fsp3) is 0.588. The zero-order valence-electron chi connectivity index (χ0n) is 13.7. The number of nitrogens with one attached hydrogen (secondary N) is 1. The highest BCUT2D eigenvalue weighted by atomic mass is 32.2. The van der Waals surface area contributed by atoms with Crippen LogP contribution in [0.1, 0.15) is 43.2 Å². The van der Waals surface area contributed by atoms with E-state index in [0.717, 1.165) is 31.2 Å². The summed E-state index contributed by atoms with van der Waals surface area (Å²) in [5.41, 5.74) is 1.11. The summed E-state index contributed by atoms with van der Waals surface area (Å²) in [7, 11) is -4.33. The summed E-state index contributed by atoms with van der Waals surface area (Å²) in [6.07, 6.45) is 4.14. The Balaban J connectivity index is 2.12. The Morgan fingerprint density at radius 2 is 2.08 bits per heavy atom. The number of carbonyl (C=O) groups is 1. The third-order valence-electron chi connectivity index (χ3n) is 5.64. The van der Waals surface area contributed by atoms with E-state index in [-0.39, 0.29) is 10.8 Å². The van der Waals surface area contributed by atoms with Gasteiger partial charge in [0.05, 0.1) is 4.90 Å². The van der Waals surface area contributed by atoms with Crippen LogP contribution in [0.15, 0.2) is 23.1 Å². The van der Waals surface area contributed by atoms with E-state index in [1.54, 1.807) is 6.07 Å². The van der Waals surface area contributed by atoms with Crippen LogP contribution in [0.25, 0.3) is 0 Å². The van der Waals surface area contributed by atoms with E-state index in [0.29, 0.717) is 18.5 Å². The second-order valence-electron chi connectivity index (χ2n) is 7.08. The minimum atomic E-state index is -4.33. The van der Waals surface area contributed by atoms with Gasteiger partial charge in [-0.15, -0.1) is 0 Å². The van der Waals surface area contributed by atoms with Gasteiger partial charge in [-0.1, -0.05) is 30.5 Å². The molecule has 7 heteroatoms. The van der Waals surface area contributed by atoms with Crippen molar-refractivity contribution >= 4 is 16.1 Å². The Morgan fingerprint density at radius 3 is 2.75 bits per heavy atom. The van der Waals surface area contributed by atoms with Crippen LogP contribution in [0, 0.1) is 12.8 Å². The number of fused-ring (bicyclic) bond motifs is 1. The molecule has 3 atom stereocenters. The lowest BCUT2D eigenvalue weighted by molar-refractivity contribution is -0.141. The van der Waals surface area contributed by atoms with Gasteiger partial charge in [0, 0.05) is 12.0 Å². The van der Waals surface area contributed by atoms with Crippen LogP contribution in [-0.4, -0.2) is 36.6 Å². The Labute approximate surface area is 142 Å². The lowest BCUT2D eigenvalue weighted by atomic mass is 9.59. The molecule has 1 aliphatic carbocycles. The molecule has 0 amide bonds. The minimum absolute atomic E-state index is 0.0458. The summed E-state index contributed by atoms with van der Waals surface area (Å²) in [6.45, 7) is 2.31. The van der Waals surface area contributed by atoms with Crippen LogP contribution in [-0.2, 0) is 20.3 Å². The molecule has 24 heavy (non-hydrogen) atoms. The van der Waals surface area contributed by atoms with E-state index >= 15 is 0 Å². The first-order chi connectivity index (χ1) is 11.2. The molecule has 3 unspecified atom stereocenters. The number of hydrogen-bond donors (Lipinski definition) is 3. The quantitative estimate of drug-likeness (QED) is 0.719. The van der Waals surface area contributed by atoms with Crippen molar-refractivity contribution in [2.24, 2.45) is 5.92 Å². The maximum absolute atomic E-state index is 11.9. The predicted molar refractivity (Wildman–Crippen MR) is 88.7 cm³/mol. The molecule has 1 saturated carbocycles. The molecule has 3 rings (SSSR count). The van der Waals surface area contributed by atoms with Crippen molar-refractivity contribution in [1.29, 1.82) is 0 Å². The molecular formula is C17H23NO5S. The molecule has 132 valence electrons. The van der Waals surface area contributed by atoms with Gasteiger partial charge in [0.15, 0.2) is 0 Å². The third kappa shape index (κ3) is 2.96. The van der Waals surface area contributed by atoms with Gasteiger partial charge in [-0.3, -0.25) is 9.35 Å². The number of benzene rings is 1. The first-order valence-corrected chi connectivity index (χ1v) is 9.73. The molecule has 0 aromatic heterocycles. The molecule has 1 saturated heterocycles. The van der Waals surface area contributed by atoms with Crippen molar-refractivity contribution in [3.8, 4) is 0 Å². The highest BCUT2D eigenvalue weighted by Crippen LogP contribution is 2.49. The number of aryl methyl sites for hydroxylation is 1. The summed E-state index contributed by atoms with van der Waals surface area (Å²) < 4.78 is 33.5. The van der Waals surface area contributed by atoms with Gasteiger partial charge in [0.2, 0.25) is 0 Å². The van der Waals surface area contributed by atoms with Crippen LogP contribution in [0.2, 0.25) is 0 Å². The first-order valence-electron chi connectivity index (χ1n) is 8.29. The molecule has 1 aromatic rings. The molecule has 2 fully saturated rings. The van der Waals surface area contributed by atoms with E-state index in [1.807, 2.05) is 13.0 Å². The predicted octanol–water partition coefficient (Wildman–Crippen LogP) is 2.12. The lowest BCUT2D eigenvalue weighted by Gasteiger charge is -2.50. The van der Waals surface area contributed by atoms with Gasteiger partial charge >= 0.3 is 5.97 Å². The zero-order chi connectivity index (χ0) is 17.5. The lowest BCUT2D eigenvalue weighted by Crippen LogP contribution is -2.57.